The number of aryl methyl sites for hydroxylation is 2. The molecule has 0 aromatic heterocycles. The van der Waals surface area contributed by atoms with Crippen molar-refractivity contribution in [1.29, 1.82) is 0 Å². The van der Waals surface area contributed by atoms with Crippen molar-refractivity contribution in [3.8, 4) is 0 Å². The number of ether oxygens (including phenoxy) is 1. The van der Waals surface area contributed by atoms with Crippen molar-refractivity contribution in [3.63, 3.8) is 0 Å². The number of anilines is 1. The van der Waals surface area contributed by atoms with E-state index < -0.39 is 12.0 Å². The number of nitrogens with one attached hydrogen (secondary N) is 3. The molecule has 1 amide bonds. The number of hydrogen-bond donors (Lipinski definition) is 3. The minimum absolute atomic E-state index is 0.0176. The van der Waals surface area contributed by atoms with E-state index in [2.05, 4.69) is 16.0 Å². The average molecular weight is 365 g/mol. The number of esters is 1. The van der Waals surface area contributed by atoms with E-state index in [9.17, 15) is 9.59 Å². The van der Waals surface area contributed by atoms with E-state index in [4.69, 9.17) is 17.0 Å². The van der Waals surface area contributed by atoms with Crippen LogP contribution in [0.3, 0.4) is 0 Å². The number of amides is 1. The van der Waals surface area contributed by atoms with Crippen LogP contribution in [0.1, 0.15) is 37.3 Å². The summed E-state index contributed by atoms with van der Waals surface area (Å²) in [6.07, 6.45) is 2.33. The molecule has 0 saturated carbocycles. The normalized spacial score (nSPS) is 11.4. The highest BCUT2D eigenvalue weighted by Gasteiger charge is 2.20. The van der Waals surface area contributed by atoms with Crippen LogP contribution in [0, 0.1) is 13.8 Å². The fraction of sp³-hybridized carbons (Fsp3) is 0.500. The molecule has 0 spiro atoms. The van der Waals surface area contributed by atoms with E-state index in [0.29, 0.717) is 11.5 Å². The summed E-state index contributed by atoms with van der Waals surface area (Å²) < 4.78 is 4.72. The summed E-state index contributed by atoms with van der Waals surface area (Å²) in [7, 11) is 1.31. The molecule has 25 heavy (non-hydrogen) atoms. The Bertz CT molecular complexity index is 620. The Kier molecular flexibility index (Phi) is 8.91. The second-order valence-electron chi connectivity index (χ2n) is 5.89. The monoisotopic (exact) mass is 365 g/mol. The fourth-order valence-corrected chi connectivity index (χ4v) is 2.39. The Morgan fingerprint density at radius 2 is 1.96 bits per heavy atom. The van der Waals surface area contributed by atoms with Gasteiger partial charge in [0.05, 0.1) is 13.7 Å². The SMILES string of the molecule is CCCCC(NC(=O)CNC(=S)Nc1ccc(C)c(C)c1)C(=O)OC. The number of thiocarbonyl (C=S) groups is 1. The molecule has 0 bridgehead atoms. The third-order valence-electron chi connectivity index (χ3n) is 3.84. The lowest BCUT2D eigenvalue weighted by atomic mass is 10.1. The summed E-state index contributed by atoms with van der Waals surface area (Å²) in [5, 5.41) is 8.90. The number of hydrogen-bond acceptors (Lipinski definition) is 4. The number of benzene rings is 1. The lowest BCUT2D eigenvalue weighted by molar-refractivity contribution is -0.145. The lowest BCUT2D eigenvalue weighted by Crippen LogP contribution is -2.46. The van der Waals surface area contributed by atoms with Crippen LogP contribution in [0.25, 0.3) is 0 Å². The summed E-state index contributed by atoms with van der Waals surface area (Å²) in [6.45, 7) is 6.06. The molecule has 0 saturated heterocycles. The Balaban J connectivity index is 2.46. The summed E-state index contributed by atoms with van der Waals surface area (Å²) >= 11 is 5.19. The standard InChI is InChI=1S/C18H27N3O3S/c1-5-6-7-15(17(23)24-4)21-16(22)11-19-18(25)20-14-9-8-12(2)13(3)10-14/h8-10,15H,5-7,11H2,1-4H3,(H,21,22)(H2,19,20,25). The molecule has 1 atom stereocenters. The third kappa shape index (κ3) is 7.51. The van der Waals surface area contributed by atoms with Crippen molar-refractivity contribution >= 4 is 34.9 Å². The van der Waals surface area contributed by atoms with Gasteiger partial charge in [0.2, 0.25) is 5.91 Å². The number of unbranched alkanes of at least 4 members (excludes halogenated alkanes) is 1. The Morgan fingerprint density at radius 3 is 2.56 bits per heavy atom. The topological polar surface area (TPSA) is 79.5 Å². The van der Waals surface area contributed by atoms with Gasteiger partial charge in [-0.1, -0.05) is 25.8 Å². The first-order valence-electron chi connectivity index (χ1n) is 8.36. The Hall–Kier alpha value is -2.15. The number of carbonyl (C=O) groups excluding carboxylic acids is 2. The molecule has 0 aliphatic heterocycles. The van der Waals surface area contributed by atoms with Crippen LogP contribution in [-0.2, 0) is 14.3 Å². The van der Waals surface area contributed by atoms with E-state index in [-0.39, 0.29) is 12.5 Å². The zero-order valence-corrected chi connectivity index (χ0v) is 16.1. The molecule has 1 aromatic rings. The first-order valence-corrected chi connectivity index (χ1v) is 8.77. The molecule has 1 rings (SSSR count). The predicted molar refractivity (Wildman–Crippen MR) is 104 cm³/mol. The lowest BCUT2D eigenvalue weighted by Gasteiger charge is -2.17. The number of methoxy groups -OCH3 is 1. The van der Waals surface area contributed by atoms with E-state index >= 15 is 0 Å². The zero-order valence-electron chi connectivity index (χ0n) is 15.3. The van der Waals surface area contributed by atoms with Gasteiger partial charge in [0, 0.05) is 5.69 Å². The molecule has 0 aliphatic carbocycles. The molecule has 3 N–H and O–H groups in total. The molecule has 0 aliphatic rings. The molecule has 1 aromatic carbocycles. The largest absolute Gasteiger partial charge is 0.467 e. The van der Waals surface area contributed by atoms with Crippen LogP contribution in [0.15, 0.2) is 18.2 Å². The number of carbonyl (C=O) groups is 2. The zero-order chi connectivity index (χ0) is 18.8. The quantitative estimate of drug-likeness (QED) is 0.485. The van der Waals surface area contributed by atoms with Gasteiger partial charge in [0.1, 0.15) is 6.04 Å². The maximum absolute atomic E-state index is 12.0. The highest BCUT2D eigenvalue weighted by molar-refractivity contribution is 7.80. The fourth-order valence-electron chi connectivity index (χ4n) is 2.20. The molecular formula is C18H27N3O3S. The molecule has 138 valence electrons. The summed E-state index contributed by atoms with van der Waals surface area (Å²) in [5.41, 5.74) is 3.21. The first-order chi connectivity index (χ1) is 11.9. The Morgan fingerprint density at radius 1 is 1.24 bits per heavy atom. The van der Waals surface area contributed by atoms with Gasteiger partial charge in [0.25, 0.3) is 0 Å². The average Bonchev–Trinajstić information content (AvgIpc) is 2.59. The van der Waals surface area contributed by atoms with Gasteiger partial charge in [-0.15, -0.1) is 0 Å². The van der Waals surface area contributed by atoms with E-state index in [1.165, 1.54) is 12.7 Å². The van der Waals surface area contributed by atoms with Gasteiger partial charge in [-0.2, -0.15) is 0 Å². The minimum Gasteiger partial charge on any atom is -0.467 e. The van der Waals surface area contributed by atoms with Crippen LogP contribution in [-0.4, -0.2) is 36.7 Å². The minimum atomic E-state index is -0.625. The maximum atomic E-state index is 12.0. The highest BCUT2D eigenvalue weighted by atomic mass is 32.1. The molecule has 0 fully saturated rings. The molecule has 1 unspecified atom stereocenters. The highest BCUT2D eigenvalue weighted by Crippen LogP contribution is 2.13. The van der Waals surface area contributed by atoms with Gasteiger partial charge < -0.3 is 20.7 Å². The second kappa shape index (κ2) is 10.7. The smallest absolute Gasteiger partial charge is 0.328 e. The van der Waals surface area contributed by atoms with Crippen molar-refractivity contribution < 1.29 is 14.3 Å². The molecular weight excluding hydrogens is 338 g/mol. The van der Waals surface area contributed by atoms with Gasteiger partial charge in [-0.05, 0) is 55.7 Å². The van der Waals surface area contributed by atoms with E-state index in [1.807, 2.05) is 39.0 Å². The number of rotatable bonds is 8. The van der Waals surface area contributed by atoms with Gasteiger partial charge >= 0.3 is 5.97 Å². The van der Waals surface area contributed by atoms with Gasteiger partial charge in [-0.25, -0.2) is 4.79 Å². The van der Waals surface area contributed by atoms with Crippen LogP contribution in [0.5, 0.6) is 0 Å². The maximum Gasteiger partial charge on any atom is 0.328 e. The van der Waals surface area contributed by atoms with Crippen molar-refractivity contribution in [2.45, 2.75) is 46.1 Å². The third-order valence-corrected chi connectivity index (χ3v) is 4.09. The summed E-state index contributed by atoms with van der Waals surface area (Å²) in [4.78, 5) is 23.7. The second-order valence-corrected chi connectivity index (χ2v) is 6.30. The molecule has 0 heterocycles. The van der Waals surface area contributed by atoms with Crippen LogP contribution in [0.4, 0.5) is 5.69 Å². The Labute approximate surface area is 154 Å². The predicted octanol–water partition coefficient (Wildman–Crippen LogP) is 2.44. The molecule has 0 radical (unpaired) electrons. The summed E-state index contributed by atoms with van der Waals surface area (Å²) in [5.74, 6) is -0.742. The van der Waals surface area contributed by atoms with Crippen molar-refractivity contribution in [3.05, 3.63) is 29.3 Å². The van der Waals surface area contributed by atoms with Crippen LogP contribution >= 0.6 is 12.2 Å². The van der Waals surface area contributed by atoms with Crippen molar-refractivity contribution in [2.24, 2.45) is 0 Å². The summed E-state index contributed by atoms with van der Waals surface area (Å²) in [6, 6.07) is 5.29. The molecule has 6 nitrogen and oxygen atoms in total. The van der Waals surface area contributed by atoms with Crippen molar-refractivity contribution in [1.82, 2.24) is 10.6 Å². The van der Waals surface area contributed by atoms with E-state index in [1.54, 1.807) is 0 Å². The van der Waals surface area contributed by atoms with Gasteiger partial charge in [-0.3, -0.25) is 4.79 Å². The van der Waals surface area contributed by atoms with Crippen LogP contribution in [0.2, 0.25) is 0 Å². The molecule has 7 heteroatoms. The van der Waals surface area contributed by atoms with E-state index in [0.717, 1.165) is 24.1 Å². The van der Waals surface area contributed by atoms with Crippen molar-refractivity contribution in [2.75, 3.05) is 19.0 Å². The first kappa shape index (κ1) is 20.9. The van der Waals surface area contributed by atoms with Crippen LogP contribution < -0.4 is 16.0 Å². The van der Waals surface area contributed by atoms with Gasteiger partial charge in [0.15, 0.2) is 5.11 Å².